The molecule has 0 spiro atoms. The number of aliphatic carboxylic acids is 1. The van der Waals surface area contributed by atoms with Crippen LogP contribution >= 0.6 is 12.4 Å². The van der Waals surface area contributed by atoms with Crippen LogP contribution in [0.5, 0.6) is 0 Å². The van der Waals surface area contributed by atoms with Crippen molar-refractivity contribution >= 4 is 24.3 Å². The van der Waals surface area contributed by atoms with Crippen LogP contribution in [0.3, 0.4) is 0 Å². The number of hydrogen-bond donors (Lipinski definition) is 1. The lowest BCUT2D eigenvalue weighted by Crippen LogP contribution is -2.32. The molecule has 0 aromatic carbocycles. The third kappa shape index (κ3) is 16.9. The SMILES string of the molecule is C.CC.CCOC.CON(C)C(=O)C1CCOC1.Cl.O=C(O)C1CCOC1. The Morgan fingerprint density at radius 3 is 1.70 bits per heavy atom. The number of amides is 1. The molecule has 2 unspecified atom stereocenters. The summed E-state index contributed by atoms with van der Waals surface area (Å²) in [6, 6.07) is 0. The Bertz CT molecular complexity index is 332. The molecule has 2 fully saturated rings. The summed E-state index contributed by atoms with van der Waals surface area (Å²) in [6.07, 6.45) is 1.49. The predicted molar refractivity (Wildman–Crippen MR) is 108 cm³/mol. The van der Waals surface area contributed by atoms with Crippen molar-refractivity contribution in [3.05, 3.63) is 0 Å². The number of halogens is 1. The van der Waals surface area contributed by atoms with Crippen molar-refractivity contribution in [3.8, 4) is 0 Å². The molecule has 0 aromatic rings. The van der Waals surface area contributed by atoms with Gasteiger partial charge in [-0.2, -0.15) is 0 Å². The van der Waals surface area contributed by atoms with Crippen LogP contribution in [-0.2, 0) is 28.6 Å². The molecule has 2 aliphatic heterocycles. The lowest BCUT2D eigenvalue weighted by atomic mass is 10.1. The van der Waals surface area contributed by atoms with Gasteiger partial charge in [-0.1, -0.05) is 21.3 Å². The number of carbonyl (C=O) groups excluding carboxylic acids is 1. The molecule has 2 atom stereocenters. The molecular weight excluding hydrogens is 378 g/mol. The van der Waals surface area contributed by atoms with Crippen molar-refractivity contribution in [3.63, 3.8) is 0 Å². The smallest absolute Gasteiger partial charge is 0.308 e. The Kier molecular flexibility index (Phi) is 28.8. The monoisotopic (exact) mass is 417 g/mol. The van der Waals surface area contributed by atoms with Gasteiger partial charge in [-0.25, -0.2) is 5.06 Å². The summed E-state index contributed by atoms with van der Waals surface area (Å²) in [5, 5.41) is 9.58. The van der Waals surface area contributed by atoms with Gasteiger partial charge in [0.05, 0.1) is 32.2 Å². The first kappa shape index (κ1) is 33.6. The molecule has 27 heavy (non-hydrogen) atoms. The fraction of sp³-hybridized carbons (Fsp3) is 0.889. The van der Waals surface area contributed by atoms with E-state index in [1.165, 1.54) is 12.2 Å². The molecule has 8 nitrogen and oxygen atoms in total. The van der Waals surface area contributed by atoms with Gasteiger partial charge in [0.2, 0.25) is 0 Å². The van der Waals surface area contributed by atoms with Crippen LogP contribution in [0.15, 0.2) is 0 Å². The zero-order valence-corrected chi connectivity index (χ0v) is 17.7. The van der Waals surface area contributed by atoms with E-state index < -0.39 is 5.97 Å². The van der Waals surface area contributed by atoms with Gasteiger partial charge >= 0.3 is 5.97 Å². The van der Waals surface area contributed by atoms with E-state index in [9.17, 15) is 9.59 Å². The third-order valence-corrected chi connectivity index (χ3v) is 3.43. The maximum absolute atomic E-state index is 11.3. The quantitative estimate of drug-likeness (QED) is 0.702. The summed E-state index contributed by atoms with van der Waals surface area (Å²) in [7, 11) is 4.77. The molecule has 0 bridgehead atoms. The topological polar surface area (TPSA) is 94.5 Å². The Balaban J connectivity index is -0.000000147. The normalized spacial score (nSPS) is 19.3. The second kappa shape index (κ2) is 23.1. The molecule has 1 N–H and O–H groups in total. The highest BCUT2D eigenvalue weighted by atomic mass is 35.5. The number of ether oxygens (including phenoxy) is 3. The first-order valence-corrected chi connectivity index (χ1v) is 8.66. The molecule has 2 rings (SSSR count). The Morgan fingerprint density at radius 2 is 1.48 bits per heavy atom. The van der Waals surface area contributed by atoms with E-state index in [-0.39, 0.29) is 37.6 Å². The van der Waals surface area contributed by atoms with E-state index in [4.69, 9.17) is 19.4 Å². The molecule has 2 heterocycles. The minimum atomic E-state index is -0.734. The van der Waals surface area contributed by atoms with Gasteiger partial charge in [-0.15, -0.1) is 12.4 Å². The fourth-order valence-corrected chi connectivity index (χ4v) is 1.81. The Hall–Kier alpha value is -0.930. The molecule has 2 aliphatic rings. The summed E-state index contributed by atoms with van der Waals surface area (Å²) < 4.78 is 14.4. The van der Waals surface area contributed by atoms with E-state index in [1.807, 2.05) is 20.8 Å². The first-order valence-electron chi connectivity index (χ1n) is 8.66. The standard InChI is InChI=1S/C7H13NO3.C5H8O3.C3H8O.C2H6.CH4.ClH/c1-8(10-2)7(9)6-3-4-11-5-6;6-5(7)4-1-2-8-3-4;1-3-4-2;1-2;;/h6H,3-5H2,1-2H3;4H,1-3H2,(H,6,7);3H2,1-2H3;1-2H3;1H4;1H. The summed E-state index contributed by atoms with van der Waals surface area (Å²) in [6.45, 7) is 9.01. The number of hydroxylamine groups is 2. The van der Waals surface area contributed by atoms with Crippen molar-refractivity contribution in [2.45, 2.75) is 41.0 Å². The molecule has 0 aromatic heterocycles. The van der Waals surface area contributed by atoms with Crippen LogP contribution in [0.4, 0.5) is 0 Å². The largest absolute Gasteiger partial charge is 0.481 e. The minimum Gasteiger partial charge on any atom is -0.481 e. The van der Waals surface area contributed by atoms with Gasteiger partial charge in [0.25, 0.3) is 5.91 Å². The summed E-state index contributed by atoms with van der Waals surface area (Å²) in [5.74, 6) is -0.970. The van der Waals surface area contributed by atoms with Gasteiger partial charge in [-0.3, -0.25) is 14.4 Å². The molecule has 0 saturated carbocycles. The Labute approximate surface area is 170 Å². The van der Waals surface area contributed by atoms with E-state index >= 15 is 0 Å². The number of methoxy groups -OCH3 is 1. The highest BCUT2D eigenvalue weighted by molar-refractivity contribution is 5.85. The van der Waals surface area contributed by atoms with Crippen LogP contribution in [0.25, 0.3) is 0 Å². The Morgan fingerprint density at radius 1 is 1.07 bits per heavy atom. The van der Waals surface area contributed by atoms with E-state index in [0.717, 1.165) is 13.0 Å². The van der Waals surface area contributed by atoms with Crippen molar-refractivity contribution in [2.24, 2.45) is 11.8 Å². The molecule has 0 radical (unpaired) electrons. The van der Waals surface area contributed by atoms with Crippen molar-refractivity contribution < 1.29 is 33.7 Å². The number of carboxylic acid groups (broad SMARTS) is 1. The van der Waals surface area contributed by atoms with Gasteiger partial charge in [0, 0.05) is 34.0 Å². The van der Waals surface area contributed by atoms with Crippen LogP contribution in [0, 0.1) is 11.8 Å². The zero-order valence-electron chi connectivity index (χ0n) is 16.9. The molecule has 166 valence electrons. The third-order valence-electron chi connectivity index (χ3n) is 3.43. The molecule has 9 heteroatoms. The average molecular weight is 418 g/mol. The fourth-order valence-electron chi connectivity index (χ4n) is 1.81. The van der Waals surface area contributed by atoms with E-state index in [0.29, 0.717) is 32.8 Å². The summed E-state index contributed by atoms with van der Waals surface area (Å²) in [5.41, 5.74) is 0. The number of hydrogen-bond acceptors (Lipinski definition) is 6. The van der Waals surface area contributed by atoms with E-state index in [1.54, 1.807) is 14.2 Å². The summed E-state index contributed by atoms with van der Waals surface area (Å²) >= 11 is 0. The van der Waals surface area contributed by atoms with Crippen LogP contribution in [0.1, 0.15) is 41.0 Å². The number of carbonyl (C=O) groups is 2. The molecule has 0 aliphatic carbocycles. The van der Waals surface area contributed by atoms with Gasteiger partial charge in [0.1, 0.15) is 0 Å². The van der Waals surface area contributed by atoms with E-state index in [2.05, 4.69) is 4.74 Å². The molecule has 1 amide bonds. The second-order valence-electron chi connectivity index (χ2n) is 5.05. The second-order valence-corrected chi connectivity index (χ2v) is 5.05. The van der Waals surface area contributed by atoms with Crippen LogP contribution in [0.2, 0.25) is 0 Å². The van der Waals surface area contributed by atoms with Crippen molar-refractivity contribution in [1.82, 2.24) is 5.06 Å². The lowest BCUT2D eigenvalue weighted by Gasteiger charge is -2.16. The van der Waals surface area contributed by atoms with Crippen LogP contribution < -0.4 is 0 Å². The highest BCUT2D eigenvalue weighted by Crippen LogP contribution is 2.14. The maximum Gasteiger partial charge on any atom is 0.308 e. The zero-order chi connectivity index (χ0) is 19.7. The van der Waals surface area contributed by atoms with Crippen LogP contribution in [-0.4, -0.2) is 76.3 Å². The number of nitrogens with zero attached hydrogens (tertiary/aromatic N) is 1. The molecular formula is C18H40ClNO7. The predicted octanol–water partition coefficient (Wildman–Crippen LogP) is 2.89. The average Bonchev–Trinajstić information content (AvgIpc) is 3.36. The maximum atomic E-state index is 11.3. The van der Waals surface area contributed by atoms with Gasteiger partial charge in [0.15, 0.2) is 0 Å². The minimum absolute atomic E-state index is 0. The van der Waals surface area contributed by atoms with Gasteiger partial charge < -0.3 is 19.3 Å². The van der Waals surface area contributed by atoms with Gasteiger partial charge in [-0.05, 0) is 19.8 Å². The van der Waals surface area contributed by atoms with Crippen molar-refractivity contribution in [2.75, 3.05) is 54.3 Å². The number of carboxylic acids is 1. The highest BCUT2D eigenvalue weighted by Gasteiger charge is 2.26. The lowest BCUT2D eigenvalue weighted by molar-refractivity contribution is -0.173. The van der Waals surface area contributed by atoms with Crippen molar-refractivity contribution in [1.29, 1.82) is 0 Å². The first-order chi connectivity index (χ1) is 12.0. The number of rotatable bonds is 4. The summed E-state index contributed by atoms with van der Waals surface area (Å²) in [4.78, 5) is 26.2. The molecule has 2 saturated heterocycles.